The van der Waals surface area contributed by atoms with Gasteiger partial charge in [0.25, 0.3) is 0 Å². The standard InChI is InChI=1S/C15H9BrF2O2/c16-10-2-1-3-11(18)14(10)15(19)13-7-8-6-9(17)4-5-12(8)20-13/h1-7,15,19H. The molecule has 1 N–H and O–H groups in total. The Morgan fingerprint density at radius 1 is 1.10 bits per heavy atom. The fourth-order valence-corrected chi connectivity index (χ4v) is 2.64. The summed E-state index contributed by atoms with van der Waals surface area (Å²) in [6, 6.07) is 9.95. The number of aliphatic hydroxyl groups excluding tert-OH is 1. The molecule has 1 aromatic heterocycles. The minimum Gasteiger partial charge on any atom is -0.458 e. The van der Waals surface area contributed by atoms with Crippen molar-refractivity contribution in [1.29, 1.82) is 0 Å². The van der Waals surface area contributed by atoms with E-state index in [-0.39, 0.29) is 11.3 Å². The molecule has 0 aliphatic rings. The van der Waals surface area contributed by atoms with E-state index in [0.29, 0.717) is 15.4 Å². The number of benzene rings is 2. The van der Waals surface area contributed by atoms with Crippen LogP contribution in [0.4, 0.5) is 8.78 Å². The number of hydrogen-bond acceptors (Lipinski definition) is 2. The molecular weight excluding hydrogens is 330 g/mol. The zero-order valence-electron chi connectivity index (χ0n) is 10.1. The van der Waals surface area contributed by atoms with Crippen LogP contribution in [0, 0.1) is 11.6 Å². The van der Waals surface area contributed by atoms with Gasteiger partial charge in [-0.3, -0.25) is 0 Å². The Balaban J connectivity index is 2.10. The van der Waals surface area contributed by atoms with E-state index in [9.17, 15) is 13.9 Å². The summed E-state index contributed by atoms with van der Waals surface area (Å²) in [5.41, 5.74) is 0.528. The van der Waals surface area contributed by atoms with Crippen molar-refractivity contribution in [3.05, 3.63) is 69.9 Å². The highest BCUT2D eigenvalue weighted by Crippen LogP contribution is 2.33. The molecule has 0 saturated carbocycles. The first kappa shape index (κ1) is 13.3. The molecule has 1 atom stereocenters. The van der Waals surface area contributed by atoms with Crippen molar-refractivity contribution in [3.8, 4) is 0 Å². The van der Waals surface area contributed by atoms with E-state index in [1.165, 1.54) is 36.4 Å². The Morgan fingerprint density at radius 2 is 1.90 bits per heavy atom. The second-order valence-electron chi connectivity index (χ2n) is 4.37. The van der Waals surface area contributed by atoms with E-state index >= 15 is 0 Å². The highest BCUT2D eigenvalue weighted by Gasteiger charge is 2.21. The first-order valence-corrected chi connectivity index (χ1v) is 6.66. The SMILES string of the molecule is OC(c1cc2cc(F)ccc2o1)c1c(F)cccc1Br. The van der Waals surface area contributed by atoms with Gasteiger partial charge in [-0.05, 0) is 36.4 Å². The summed E-state index contributed by atoms with van der Waals surface area (Å²) in [7, 11) is 0. The topological polar surface area (TPSA) is 33.4 Å². The van der Waals surface area contributed by atoms with Gasteiger partial charge in [-0.25, -0.2) is 8.78 Å². The number of fused-ring (bicyclic) bond motifs is 1. The summed E-state index contributed by atoms with van der Waals surface area (Å²) in [5.74, 6) is -0.777. The van der Waals surface area contributed by atoms with Gasteiger partial charge in [0, 0.05) is 15.4 Å². The van der Waals surface area contributed by atoms with E-state index in [4.69, 9.17) is 4.42 Å². The predicted molar refractivity (Wildman–Crippen MR) is 74.3 cm³/mol. The molecule has 20 heavy (non-hydrogen) atoms. The summed E-state index contributed by atoms with van der Waals surface area (Å²) in [4.78, 5) is 0. The molecule has 0 amide bonds. The maximum Gasteiger partial charge on any atom is 0.141 e. The second-order valence-corrected chi connectivity index (χ2v) is 5.22. The molecule has 3 rings (SSSR count). The molecule has 2 nitrogen and oxygen atoms in total. The molecule has 0 aliphatic heterocycles. The van der Waals surface area contributed by atoms with E-state index in [2.05, 4.69) is 15.9 Å². The summed E-state index contributed by atoms with van der Waals surface area (Å²) in [5, 5.41) is 10.8. The zero-order chi connectivity index (χ0) is 14.3. The van der Waals surface area contributed by atoms with Crippen LogP contribution in [0.2, 0.25) is 0 Å². The first-order valence-electron chi connectivity index (χ1n) is 5.87. The van der Waals surface area contributed by atoms with Crippen molar-refractivity contribution in [2.24, 2.45) is 0 Å². The van der Waals surface area contributed by atoms with Gasteiger partial charge < -0.3 is 9.52 Å². The Bertz CT molecular complexity index is 762. The quantitative estimate of drug-likeness (QED) is 0.743. The molecule has 5 heteroatoms. The maximum absolute atomic E-state index is 13.8. The number of rotatable bonds is 2. The Hall–Kier alpha value is -1.72. The fraction of sp³-hybridized carbons (Fsp3) is 0.0667. The van der Waals surface area contributed by atoms with Crippen molar-refractivity contribution in [2.75, 3.05) is 0 Å². The molecule has 102 valence electrons. The highest BCUT2D eigenvalue weighted by atomic mass is 79.9. The van der Waals surface area contributed by atoms with Crippen LogP contribution in [0.25, 0.3) is 11.0 Å². The zero-order valence-corrected chi connectivity index (χ0v) is 11.7. The third kappa shape index (κ3) is 2.23. The van der Waals surface area contributed by atoms with Crippen LogP contribution in [0.3, 0.4) is 0 Å². The van der Waals surface area contributed by atoms with Crippen LogP contribution in [0.1, 0.15) is 17.4 Å². The number of hydrogen-bond donors (Lipinski definition) is 1. The normalized spacial score (nSPS) is 12.8. The number of halogens is 3. The molecular formula is C15H9BrF2O2. The van der Waals surface area contributed by atoms with Crippen molar-refractivity contribution in [3.63, 3.8) is 0 Å². The lowest BCUT2D eigenvalue weighted by Crippen LogP contribution is -2.02. The number of aliphatic hydroxyl groups is 1. The summed E-state index contributed by atoms with van der Waals surface area (Å²) in [6.07, 6.45) is -1.26. The Kier molecular flexibility index (Phi) is 3.31. The maximum atomic E-state index is 13.8. The molecule has 0 bridgehead atoms. The van der Waals surface area contributed by atoms with Crippen molar-refractivity contribution in [1.82, 2.24) is 0 Å². The molecule has 0 radical (unpaired) electrons. The van der Waals surface area contributed by atoms with Gasteiger partial charge in [0.05, 0.1) is 0 Å². The van der Waals surface area contributed by atoms with Crippen LogP contribution in [0.15, 0.2) is 51.4 Å². The van der Waals surface area contributed by atoms with Gasteiger partial charge in [-0.1, -0.05) is 22.0 Å². The van der Waals surface area contributed by atoms with Gasteiger partial charge in [-0.2, -0.15) is 0 Å². The van der Waals surface area contributed by atoms with Crippen LogP contribution in [-0.2, 0) is 0 Å². The van der Waals surface area contributed by atoms with E-state index in [1.54, 1.807) is 6.07 Å². The van der Waals surface area contributed by atoms with E-state index in [1.807, 2.05) is 0 Å². The Morgan fingerprint density at radius 3 is 2.65 bits per heavy atom. The van der Waals surface area contributed by atoms with Crippen molar-refractivity contribution in [2.45, 2.75) is 6.10 Å². The van der Waals surface area contributed by atoms with Crippen LogP contribution in [-0.4, -0.2) is 5.11 Å². The lowest BCUT2D eigenvalue weighted by Gasteiger charge is -2.11. The molecule has 3 aromatic rings. The molecule has 1 heterocycles. The van der Waals surface area contributed by atoms with Gasteiger partial charge in [0.2, 0.25) is 0 Å². The first-order chi connectivity index (χ1) is 9.56. The van der Waals surface area contributed by atoms with Gasteiger partial charge in [-0.15, -0.1) is 0 Å². The van der Waals surface area contributed by atoms with Crippen molar-refractivity contribution >= 4 is 26.9 Å². The molecule has 0 aliphatic carbocycles. The van der Waals surface area contributed by atoms with E-state index in [0.717, 1.165) is 0 Å². The van der Waals surface area contributed by atoms with Gasteiger partial charge in [0.15, 0.2) is 0 Å². The van der Waals surface area contributed by atoms with Crippen LogP contribution in [0.5, 0.6) is 0 Å². The molecule has 0 spiro atoms. The highest BCUT2D eigenvalue weighted by molar-refractivity contribution is 9.10. The monoisotopic (exact) mass is 338 g/mol. The summed E-state index contributed by atoms with van der Waals surface area (Å²) in [6.45, 7) is 0. The van der Waals surface area contributed by atoms with Crippen molar-refractivity contribution < 1.29 is 18.3 Å². The third-order valence-electron chi connectivity index (χ3n) is 3.04. The van der Waals surface area contributed by atoms with Gasteiger partial charge in [0.1, 0.15) is 29.1 Å². The molecule has 0 saturated heterocycles. The summed E-state index contributed by atoms with van der Waals surface area (Å²) < 4.78 is 32.8. The third-order valence-corrected chi connectivity index (χ3v) is 3.73. The lowest BCUT2D eigenvalue weighted by molar-refractivity contribution is 0.187. The number of furan rings is 1. The van der Waals surface area contributed by atoms with Crippen LogP contribution >= 0.6 is 15.9 Å². The Labute approximate surface area is 121 Å². The molecule has 2 aromatic carbocycles. The second kappa shape index (κ2) is 5.00. The lowest BCUT2D eigenvalue weighted by atomic mass is 10.1. The molecule has 1 unspecified atom stereocenters. The minimum absolute atomic E-state index is 0.0898. The van der Waals surface area contributed by atoms with Gasteiger partial charge >= 0.3 is 0 Å². The van der Waals surface area contributed by atoms with Crippen LogP contribution < -0.4 is 0 Å². The molecule has 0 fully saturated rings. The fourth-order valence-electron chi connectivity index (χ4n) is 2.08. The summed E-state index contributed by atoms with van der Waals surface area (Å²) >= 11 is 3.20. The van der Waals surface area contributed by atoms with E-state index < -0.39 is 17.7 Å². The average Bonchev–Trinajstić information content (AvgIpc) is 2.81. The largest absolute Gasteiger partial charge is 0.458 e. The smallest absolute Gasteiger partial charge is 0.141 e. The average molecular weight is 339 g/mol. The minimum atomic E-state index is -1.26. The predicted octanol–water partition coefficient (Wildman–Crippen LogP) is 4.56.